The molecular weight excluding hydrogens is 228 g/mol. The quantitative estimate of drug-likeness (QED) is 0.710. The largest absolute Gasteiger partial charge is 0.502 e. The second kappa shape index (κ2) is 5.55. The maximum absolute atomic E-state index is 10.6. The van der Waals surface area contributed by atoms with Gasteiger partial charge in [0, 0.05) is 6.07 Å². The lowest BCUT2D eigenvalue weighted by molar-refractivity contribution is 0.376. The fourth-order valence-corrected chi connectivity index (χ4v) is 0.860. The molecule has 0 saturated heterocycles. The SMILES string of the molecule is Cc1occ(O)c(=O)c1O.O=c1cccco1. The summed E-state index contributed by atoms with van der Waals surface area (Å²) in [4.78, 5) is 20.7. The normalized spacial score (nSPS) is 9.24. The number of aromatic hydroxyl groups is 2. The van der Waals surface area contributed by atoms with E-state index in [1.54, 1.807) is 12.1 Å². The molecule has 0 fully saturated rings. The van der Waals surface area contributed by atoms with Crippen LogP contribution < -0.4 is 11.1 Å². The molecule has 2 heterocycles. The van der Waals surface area contributed by atoms with E-state index in [2.05, 4.69) is 8.83 Å². The first-order valence-electron chi connectivity index (χ1n) is 4.56. The summed E-state index contributed by atoms with van der Waals surface area (Å²) >= 11 is 0. The van der Waals surface area contributed by atoms with Crippen molar-refractivity contribution < 1.29 is 19.0 Å². The van der Waals surface area contributed by atoms with E-state index in [-0.39, 0.29) is 11.4 Å². The van der Waals surface area contributed by atoms with Crippen LogP contribution >= 0.6 is 0 Å². The van der Waals surface area contributed by atoms with Crippen LogP contribution in [-0.2, 0) is 0 Å². The highest BCUT2D eigenvalue weighted by Crippen LogP contribution is 2.13. The maximum Gasteiger partial charge on any atom is 0.335 e. The molecule has 2 aromatic heterocycles. The summed E-state index contributed by atoms with van der Waals surface area (Å²) in [7, 11) is 0. The molecule has 90 valence electrons. The molecule has 0 radical (unpaired) electrons. The smallest absolute Gasteiger partial charge is 0.335 e. The Morgan fingerprint density at radius 2 is 1.82 bits per heavy atom. The molecular formula is C11H10O6. The molecule has 0 aromatic carbocycles. The monoisotopic (exact) mass is 238 g/mol. The molecule has 17 heavy (non-hydrogen) atoms. The van der Waals surface area contributed by atoms with Crippen molar-refractivity contribution >= 4 is 0 Å². The number of hydrogen-bond acceptors (Lipinski definition) is 6. The fraction of sp³-hybridized carbons (Fsp3) is 0.0909. The fourth-order valence-electron chi connectivity index (χ4n) is 0.860. The zero-order chi connectivity index (χ0) is 12.8. The third kappa shape index (κ3) is 3.53. The summed E-state index contributed by atoms with van der Waals surface area (Å²) in [6.07, 6.45) is 2.24. The Kier molecular flexibility index (Phi) is 4.10. The van der Waals surface area contributed by atoms with Crippen LogP contribution in [0.15, 0.2) is 49.1 Å². The minimum Gasteiger partial charge on any atom is -0.502 e. The lowest BCUT2D eigenvalue weighted by Gasteiger charge is -1.94. The highest BCUT2D eigenvalue weighted by molar-refractivity contribution is 5.29. The Balaban J connectivity index is 0.000000181. The molecule has 6 nitrogen and oxygen atoms in total. The van der Waals surface area contributed by atoms with Gasteiger partial charge < -0.3 is 19.0 Å². The summed E-state index contributed by atoms with van der Waals surface area (Å²) in [5.74, 6) is -1.02. The molecule has 0 spiro atoms. The average Bonchev–Trinajstić information content (AvgIpc) is 2.33. The summed E-state index contributed by atoms with van der Waals surface area (Å²) < 4.78 is 8.94. The van der Waals surface area contributed by atoms with Gasteiger partial charge in [0.2, 0.25) is 11.5 Å². The first-order valence-corrected chi connectivity index (χ1v) is 4.56. The zero-order valence-electron chi connectivity index (χ0n) is 8.91. The molecule has 0 bridgehead atoms. The van der Waals surface area contributed by atoms with Gasteiger partial charge in [0.1, 0.15) is 12.0 Å². The zero-order valence-corrected chi connectivity index (χ0v) is 8.91. The highest BCUT2D eigenvalue weighted by atomic mass is 16.4. The summed E-state index contributed by atoms with van der Waals surface area (Å²) in [5, 5.41) is 17.5. The van der Waals surface area contributed by atoms with Crippen molar-refractivity contribution in [3.05, 3.63) is 57.1 Å². The van der Waals surface area contributed by atoms with Gasteiger partial charge in [-0.05, 0) is 13.0 Å². The lowest BCUT2D eigenvalue weighted by Crippen LogP contribution is -1.99. The van der Waals surface area contributed by atoms with Crippen LogP contribution in [0.3, 0.4) is 0 Å². The standard InChI is InChI=1S/C6H6O4.C5H4O2/c1-3-5(8)6(9)4(7)2-10-3;6-5-3-1-2-4-7-5/h2,7-8H,1H3;1-4H. The van der Waals surface area contributed by atoms with E-state index < -0.39 is 16.9 Å². The number of rotatable bonds is 0. The molecule has 0 unspecified atom stereocenters. The van der Waals surface area contributed by atoms with Gasteiger partial charge in [-0.15, -0.1) is 0 Å². The topological polar surface area (TPSA) is 101 Å². The van der Waals surface area contributed by atoms with Gasteiger partial charge in [-0.3, -0.25) is 4.79 Å². The van der Waals surface area contributed by atoms with E-state index in [1.165, 1.54) is 19.3 Å². The third-order valence-electron chi connectivity index (χ3n) is 1.73. The summed E-state index contributed by atoms with van der Waals surface area (Å²) in [6, 6.07) is 4.65. The second-order valence-electron chi connectivity index (χ2n) is 2.98. The van der Waals surface area contributed by atoms with Gasteiger partial charge in [0.15, 0.2) is 0 Å². The maximum atomic E-state index is 10.6. The van der Waals surface area contributed by atoms with Crippen molar-refractivity contribution in [3.63, 3.8) is 0 Å². The van der Waals surface area contributed by atoms with Crippen molar-refractivity contribution in [2.75, 3.05) is 0 Å². The predicted octanol–water partition coefficient (Wildman–Crippen LogP) is 0.999. The van der Waals surface area contributed by atoms with Crippen molar-refractivity contribution in [2.45, 2.75) is 6.92 Å². The molecule has 2 rings (SSSR count). The van der Waals surface area contributed by atoms with Crippen LogP contribution in [0.1, 0.15) is 5.76 Å². The highest BCUT2D eigenvalue weighted by Gasteiger charge is 2.06. The summed E-state index contributed by atoms with van der Waals surface area (Å²) in [5.41, 5.74) is -1.11. The molecule has 6 heteroatoms. The molecule has 2 N–H and O–H groups in total. The van der Waals surface area contributed by atoms with Gasteiger partial charge in [-0.25, -0.2) is 4.79 Å². The minimum atomic E-state index is -0.802. The lowest BCUT2D eigenvalue weighted by atomic mass is 10.3. The van der Waals surface area contributed by atoms with Crippen LogP contribution in [0.25, 0.3) is 0 Å². The van der Waals surface area contributed by atoms with Crippen LogP contribution in [0, 0.1) is 6.92 Å². The Bertz CT molecular complexity index is 578. The van der Waals surface area contributed by atoms with Gasteiger partial charge >= 0.3 is 5.63 Å². The average molecular weight is 238 g/mol. The van der Waals surface area contributed by atoms with Gasteiger partial charge in [0.05, 0.1) is 6.26 Å². The molecule has 0 aliphatic rings. The van der Waals surface area contributed by atoms with E-state index in [1.807, 2.05) is 0 Å². The molecule has 0 aliphatic heterocycles. The van der Waals surface area contributed by atoms with E-state index in [0.29, 0.717) is 0 Å². The second-order valence-corrected chi connectivity index (χ2v) is 2.98. The van der Waals surface area contributed by atoms with Crippen LogP contribution in [0.2, 0.25) is 0 Å². The van der Waals surface area contributed by atoms with Gasteiger partial charge in [-0.2, -0.15) is 0 Å². The molecule has 0 aliphatic carbocycles. The van der Waals surface area contributed by atoms with E-state index in [0.717, 1.165) is 6.26 Å². The first kappa shape index (κ1) is 12.6. The first-order chi connectivity index (χ1) is 8.02. The third-order valence-corrected chi connectivity index (χ3v) is 1.73. The molecule has 2 aromatic rings. The Hall–Kier alpha value is -2.50. The molecule has 0 saturated carbocycles. The Morgan fingerprint density at radius 1 is 1.12 bits per heavy atom. The Morgan fingerprint density at radius 3 is 2.24 bits per heavy atom. The van der Waals surface area contributed by atoms with E-state index in [4.69, 9.17) is 10.2 Å². The Labute approximate surface area is 95.4 Å². The van der Waals surface area contributed by atoms with Crippen LogP contribution in [-0.4, -0.2) is 10.2 Å². The predicted molar refractivity (Wildman–Crippen MR) is 58.0 cm³/mol. The van der Waals surface area contributed by atoms with Crippen LogP contribution in [0.5, 0.6) is 11.5 Å². The molecule has 0 amide bonds. The van der Waals surface area contributed by atoms with Gasteiger partial charge in [-0.1, -0.05) is 6.07 Å². The van der Waals surface area contributed by atoms with Gasteiger partial charge in [0.25, 0.3) is 5.43 Å². The van der Waals surface area contributed by atoms with E-state index >= 15 is 0 Å². The van der Waals surface area contributed by atoms with Crippen molar-refractivity contribution in [2.24, 2.45) is 0 Å². The number of aryl methyl sites for hydroxylation is 1. The van der Waals surface area contributed by atoms with Crippen LogP contribution in [0.4, 0.5) is 0 Å². The molecule has 0 atom stereocenters. The van der Waals surface area contributed by atoms with E-state index in [9.17, 15) is 9.59 Å². The summed E-state index contributed by atoms with van der Waals surface area (Å²) in [6.45, 7) is 1.43. The van der Waals surface area contributed by atoms with Crippen molar-refractivity contribution in [1.29, 1.82) is 0 Å². The van der Waals surface area contributed by atoms with Crippen molar-refractivity contribution in [1.82, 2.24) is 0 Å². The minimum absolute atomic E-state index is 0.0998. The number of hydrogen-bond donors (Lipinski definition) is 2. The van der Waals surface area contributed by atoms with Crippen molar-refractivity contribution in [3.8, 4) is 11.5 Å².